The molecule has 0 aliphatic rings. The zero-order valence-corrected chi connectivity index (χ0v) is 12.8. The highest BCUT2D eigenvalue weighted by atomic mass is 19.4. The number of nitrogens with two attached hydrogens (primary N) is 1. The van der Waals surface area contributed by atoms with E-state index in [0.717, 1.165) is 0 Å². The predicted octanol–water partition coefficient (Wildman–Crippen LogP) is 3.70. The van der Waals surface area contributed by atoms with Gasteiger partial charge in [-0.15, -0.1) is 0 Å². The monoisotopic (exact) mass is 332 g/mol. The second-order valence-corrected chi connectivity index (χ2v) is 5.29. The largest absolute Gasteiger partial charge is 0.408 e. The molecular weight excluding hydrogens is 317 g/mol. The molecule has 0 saturated heterocycles. The minimum absolute atomic E-state index is 0.0240. The number of benzene rings is 1. The van der Waals surface area contributed by atoms with Crippen molar-refractivity contribution in [3.05, 3.63) is 54.2 Å². The molecule has 0 aliphatic carbocycles. The van der Waals surface area contributed by atoms with Crippen molar-refractivity contribution < 1.29 is 13.2 Å². The van der Waals surface area contributed by atoms with Crippen molar-refractivity contribution >= 4 is 16.7 Å². The number of anilines is 1. The fourth-order valence-corrected chi connectivity index (χ4v) is 2.71. The van der Waals surface area contributed by atoms with Gasteiger partial charge in [-0.1, -0.05) is 30.3 Å². The average Bonchev–Trinajstić information content (AvgIpc) is 2.57. The van der Waals surface area contributed by atoms with Crippen LogP contribution in [-0.4, -0.2) is 23.2 Å². The van der Waals surface area contributed by atoms with Gasteiger partial charge in [-0.05, 0) is 19.2 Å². The summed E-state index contributed by atoms with van der Waals surface area (Å²) in [5, 5.41) is 2.30. The Kier molecular flexibility index (Phi) is 4.11. The van der Waals surface area contributed by atoms with E-state index in [2.05, 4.69) is 15.3 Å². The molecule has 0 amide bonds. The molecule has 2 heterocycles. The second kappa shape index (κ2) is 6.09. The molecule has 7 heteroatoms. The normalized spacial score (nSPS) is 13.2. The van der Waals surface area contributed by atoms with Gasteiger partial charge in [-0.3, -0.25) is 4.98 Å². The SMILES string of the molecule is CNC(c1c(N)c(-c2ccccc2)nc2cccnc12)C(F)(F)F. The first-order valence-corrected chi connectivity index (χ1v) is 7.27. The summed E-state index contributed by atoms with van der Waals surface area (Å²) in [4.78, 5) is 8.50. The first-order valence-electron chi connectivity index (χ1n) is 7.27. The van der Waals surface area contributed by atoms with Gasteiger partial charge in [-0.2, -0.15) is 13.2 Å². The van der Waals surface area contributed by atoms with Crippen LogP contribution >= 0.6 is 0 Å². The van der Waals surface area contributed by atoms with Crippen LogP contribution in [0, 0.1) is 0 Å². The van der Waals surface area contributed by atoms with Crippen LogP contribution in [0.15, 0.2) is 48.7 Å². The second-order valence-electron chi connectivity index (χ2n) is 5.29. The van der Waals surface area contributed by atoms with Crippen LogP contribution in [0.4, 0.5) is 18.9 Å². The molecule has 4 nitrogen and oxygen atoms in total. The lowest BCUT2D eigenvalue weighted by Gasteiger charge is -2.23. The molecular formula is C17H15F3N4. The molecule has 3 aromatic rings. The fourth-order valence-electron chi connectivity index (χ4n) is 2.71. The van der Waals surface area contributed by atoms with Crippen LogP contribution in [0.1, 0.15) is 11.6 Å². The van der Waals surface area contributed by atoms with Gasteiger partial charge in [0.2, 0.25) is 0 Å². The van der Waals surface area contributed by atoms with Gasteiger partial charge in [-0.25, -0.2) is 4.98 Å². The molecule has 0 aliphatic heterocycles. The molecule has 1 atom stereocenters. The van der Waals surface area contributed by atoms with E-state index in [0.29, 0.717) is 16.8 Å². The summed E-state index contributed by atoms with van der Waals surface area (Å²) in [7, 11) is 1.25. The predicted molar refractivity (Wildman–Crippen MR) is 87.2 cm³/mol. The van der Waals surface area contributed by atoms with Gasteiger partial charge in [0.1, 0.15) is 6.04 Å². The van der Waals surface area contributed by atoms with Crippen molar-refractivity contribution in [3.63, 3.8) is 0 Å². The van der Waals surface area contributed by atoms with Gasteiger partial charge >= 0.3 is 6.18 Å². The summed E-state index contributed by atoms with van der Waals surface area (Å²) in [6.07, 6.45) is -3.08. The molecule has 0 radical (unpaired) electrons. The molecule has 1 unspecified atom stereocenters. The van der Waals surface area contributed by atoms with Gasteiger partial charge in [0.25, 0.3) is 0 Å². The quantitative estimate of drug-likeness (QED) is 0.767. The highest BCUT2D eigenvalue weighted by Gasteiger charge is 2.42. The number of fused-ring (bicyclic) bond motifs is 1. The Morgan fingerprint density at radius 3 is 2.42 bits per heavy atom. The molecule has 1 aromatic carbocycles. The zero-order chi connectivity index (χ0) is 17.3. The van der Waals surface area contributed by atoms with Crippen molar-refractivity contribution in [1.82, 2.24) is 15.3 Å². The van der Waals surface area contributed by atoms with E-state index >= 15 is 0 Å². The number of halogens is 3. The average molecular weight is 332 g/mol. The number of alkyl halides is 3. The van der Waals surface area contributed by atoms with Crippen LogP contribution in [0.3, 0.4) is 0 Å². The van der Waals surface area contributed by atoms with Crippen molar-refractivity contribution in [3.8, 4) is 11.3 Å². The Hall–Kier alpha value is -2.67. The van der Waals surface area contributed by atoms with Crippen LogP contribution in [0.5, 0.6) is 0 Å². The van der Waals surface area contributed by atoms with Crippen LogP contribution in [0.2, 0.25) is 0 Å². The zero-order valence-electron chi connectivity index (χ0n) is 12.8. The topological polar surface area (TPSA) is 63.8 Å². The number of rotatable bonds is 3. The lowest BCUT2D eigenvalue weighted by molar-refractivity contribution is -0.155. The lowest BCUT2D eigenvalue weighted by atomic mass is 9.98. The fraction of sp³-hybridized carbons (Fsp3) is 0.176. The molecule has 3 N–H and O–H groups in total. The Balaban J connectivity index is 2.36. The van der Waals surface area contributed by atoms with Crippen molar-refractivity contribution in [2.24, 2.45) is 0 Å². The first-order chi connectivity index (χ1) is 11.4. The summed E-state index contributed by atoms with van der Waals surface area (Å²) in [5.41, 5.74) is 7.46. The number of nitrogen functional groups attached to an aromatic ring is 1. The van der Waals surface area contributed by atoms with Crippen LogP contribution < -0.4 is 11.1 Å². The third kappa shape index (κ3) is 2.78. The van der Waals surface area contributed by atoms with Crippen LogP contribution in [0.25, 0.3) is 22.3 Å². The van der Waals surface area contributed by atoms with E-state index in [1.54, 1.807) is 36.4 Å². The highest BCUT2D eigenvalue weighted by Crippen LogP contribution is 2.41. The third-order valence-electron chi connectivity index (χ3n) is 3.77. The maximum absolute atomic E-state index is 13.5. The Labute approximate surface area is 136 Å². The number of pyridine rings is 2. The first kappa shape index (κ1) is 16.2. The standard InChI is InChI=1S/C17H15F3N4/c1-22-16(17(18,19)20)12-13(21)14(10-6-3-2-4-7-10)24-11-8-5-9-23-15(11)12/h2-9,16,22H,21H2,1H3. The van der Waals surface area contributed by atoms with Crippen LogP contribution in [-0.2, 0) is 0 Å². The number of nitrogens with one attached hydrogen (secondary N) is 1. The van der Waals surface area contributed by atoms with Gasteiger partial charge in [0.05, 0.1) is 22.4 Å². The van der Waals surface area contributed by atoms with E-state index in [1.807, 2.05) is 6.07 Å². The van der Waals surface area contributed by atoms with Gasteiger partial charge in [0.15, 0.2) is 0 Å². The molecule has 0 fully saturated rings. The Morgan fingerprint density at radius 2 is 1.79 bits per heavy atom. The minimum atomic E-state index is -4.51. The van der Waals surface area contributed by atoms with Crippen molar-refractivity contribution in [1.29, 1.82) is 0 Å². The molecule has 124 valence electrons. The van der Waals surface area contributed by atoms with Crippen molar-refractivity contribution in [2.75, 3.05) is 12.8 Å². The van der Waals surface area contributed by atoms with Gasteiger partial charge in [0, 0.05) is 17.3 Å². The Bertz CT molecular complexity index is 863. The van der Waals surface area contributed by atoms with E-state index < -0.39 is 12.2 Å². The summed E-state index contributed by atoms with van der Waals surface area (Å²) in [5.74, 6) is 0. The summed E-state index contributed by atoms with van der Waals surface area (Å²) < 4.78 is 40.4. The highest BCUT2D eigenvalue weighted by molar-refractivity contribution is 5.90. The molecule has 24 heavy (non-hydrogen) atoms. The smallest absolute Gasteiger partial charge is 0.397 e. The number of hydrogen-bond acceptors (Lipinski definition) is 4. The summed E-state index contributed by atoms with van der Waals surface area (Å²) in [6.45, 7) is 0. The molecule has 0 saturated carbocycles. The summed E-state index contributed by atoms with van der Waals surface area (Å²) >= 11 is 0. The van der Waals surface area contributed by atoms with E-state index in [4.69, 9.17) is 5.73 Å². The molecule has 2 aromatic heterocycles. The minimum Gasteiger partial charge on any atom is -0.397 e. The van der Waals surface area contributed by atoms with E-state index in [9.17, 15) is 13.2 Å². The Morgan fingerprint density at radius 1 is 1.08 bits per heavy atom. The number of hydrogen-bond donors (Lipinski definition) is 2. The number of nitrogens with zero attached hydrogens (tertiary/aromatic N) is 2. The van der Waals surface area contributed by atoms with E-state index in [-0.39, 0.29) is 16.8 Å². The molecule has 3 rings (SSSR count). The lowest BCUT2D eigenvalue weighted by Crippen LogP contribution is -2.33. The summed E-state index contributed by atoms with van der Waals surface area (Å²) in [6, 6.07) is 10.2. The molecule has 0 bridgehead atoms. The van der Waals surface area contributed by atoms with Gasteiger partial charge < -0.3 is 11.1 Å². The number of aromatic nitrogens is 2. The maximum Gasteiger partial charge on any atom is 0.408 e. The molecule has 0 spiro atoms. The van der Waals surface area contributed by atoms with Crippen molar-refractivity contribution in [2.45, 2.75) is 12.2 Å². The van der Waals surface area contributed by atoms with E-state index in [1.165, 1.54) is 13.2 Å². The third-order valence-corrected chi connectivity index (χ3v) is 3.77. The maximum atomic E-state index is 13.5.